The zero-order valence-corrected chi connectivity index (χ0v) is 16.5. The third kappa shape index (κ3) is 3.64. The summed E-state index contributed by atoms with van der Waals surface area (Å²) in [4.78, 5) is 15.2. The average molecular weight is 385 g/mol. The Hall–Kier alpha value is -2.18. The maximum absolute atomic E-state index is 13.3. The molecule has 0 aromatic heterocycles. The maximum Gasteiger partial charge on any atom is 0.258 e. The van der Waals surface area contributed by atoms with E-state index in [0.29, 0.717) is 12.1 Å². The number of amides is 1. The lowest BCUT2D eigenvalue weighted by Crippen LogP contribution is -2.36. The van der Waals surface area contributed by atoms with Gasteiger partial charge in [0.1, 0.15) is 0 Å². The minimum absolute atomic E-state index is 0.0349. The number of fused-ring (bicyclic) bond motifs is 1. The number of aryl methyl sites for hydroxylation is 3. The smallest absolute Gasteiger partial charge is 0.258 e. The third-order valence-electron chi connectivity index (χ3n) is 5.25. The van der Waals surface area contributed by atoms with Crippen LogP contribution in [-0.2, 0) is 16.4 Å². The predicted molar refractivity (Wildman–Crippen MR) is 106 cm³/mol. The van der Waals surface area contributed by atoms with Gasteiger partial charge < -0.3 is 4.90 Å². The number of rotatable bonds is 4. The van der Waals surface area contributed by atoms with Crippen LogP contribution in [0.1, 0.15) is 46.3 Å². The van der Waals surface area contributed by atoms with Crippen molar-refractivity contribution < 1.29 is 13.2 Å². The Morgan fingerprint density at radius 3 is 2.63 bits per heavy atom. The molecule has 0 radical (unpaired) electrons. The molecule has 0 unspecified atom stereocenters. The molecule has 6 heteroatoms. The van der Waals surface area contributed by atoms with Gasteiger partial charge in [0.25, 0.3) is 5.91 Å². The number of carbonyl (C=O) groups is 1. The number of anilines is 1. The van der Waals surface area contributed by atoms with E-state index in [2.05, 4.69) is 10.8 Å². The molecular weight excluding hydrogens is 360 g/mol. The first-order chi connectivity index (χ1) is 12.8. The highest BCUT2D eigenvalue weighted by Crippen LogP contribution is 2.30. The Bertz CT molecular complexity index is 1010. The fourth-order valence-corrected chi connectivity index (χ4v) is 4.90. The standard InChI is InChI=1S/C21H24N2O3S/c1-14-5-10-20-16(12-14)4-3-11-23(20)21(24)19-13-18(9-6-15(19)2)27(25,26)22-17-7-8-17/h5-6,9-10,12-13,17,22H,3-4,7-8,11H2,1-2H3. The van der Waals surface area contributed by atoms with E-state index < -0.39 is 10.0 Å². The molecule has 1 aliphatic heterocycles. The van der Waals surface area contributed by atoms with Crippen LogP contribution in [0, 0.1) is 13.8 Å². The molecule has 0 saturated heterocycles. The molecular formula is C21H24N2O3S. The van der Waals surface area contributed by atoms with E-state index in [1.54, 1.807) is 17.0 Å². The molecule has 2 aromatic carbocycles. The van der Waals surface area contributed by atoms with Gasteiger partial charge in [-0.2, -0.15) is 0 Å². The van der Waals surface area contributed by atoms with Gasteiger partial charge in [0.05, 0.1) is 4.90 Å². The van der Waals surface area contributed by atoms with E-state index in [0.717, 1.165) is 36.9 Å². The van der Waals surface area contributed by atoms with Crippen molar-refractivity contribution in [2.24, 2.45) is 0 Å². The molecule has 1 amide bonds. The van der Waals surface area contributed by atoms with Gasteiger partial charge in [0.2, 0.25) is 10.0 Å². The lowest BCUT2D eigenvalue weighted by Gasteiger charge is -2.30. The van der Waals surface area contributed by atoms with Crippen molar-refractivity contribution in [3.63, 3.8) is 0 Å². The largest absolute Gasteiger partial charge is 0.308 e. The fourth-order valence-electron chi connectivity index (χ4n) is 3.57. The van der Waals surface area contributed by atoms with Crippen LogP contribution in [0.25, 0.3) is 0 Å². The summed E-state index contributed by atoms with van der Waals surface area (Å²) in [5, 5.41) is 0. The molecule has 5 nitrogen and oxygen atoms in total. The van der Waals surface area contributed by atoms with E-state index in [4.69, 9.17) is 0 Å². The van der Waals surface area contributed by atoms with Crippen molar-refractivity contribution in [1.82, 2.24) is 4.72 Å². The minimum atomic E-state index is -3.59. The molecule has 1 aliphatic carbocycles. The molecule has 142 valence electrons. The molecule has 1 fully saturated rings. The van der Waals surface area contributed by atoms with Gasteiger partial charge in [-0.05, 0) is 68.9 Å². The Balaban J connectivity index is 1.69. The van der Waals surface area contributed by atoms with Crippen molar-refractivity contribution >= 4 is 21.6 Å². The first-order valence-corrected chi connectivity index (χ1v) is 10.9. The number of sulfonamides is 1. The van der Waals surface area contributed by atoms with Crippen LogP contribution >= 0.6 is 0 Å². The molecule has 27 heavy (non-hydrogen) atoms. The van der Waals surface area contributed by atoms with Crippen molar-refractivity contribution in [3.8, 4) is 0 Å². The molecule has 0 spiro atoms. The number of carbonyl (C=O) groups excluding carboxylic acids is 1. The average Bonchev–Trinajstić information content (AvgIpc) is 3.44. The van der Waals surface area contributed by atoms with Gasteiger partial charge in [-0.25, -0.2) is 13.1 Å². The summed E-state index contributed by atoms with van der Waals surface area (Å²) in [7, 11) is -3.59. The Morgan fingerprint density at radius 1 is 1.11 bits per heavy atom. The molecule has 2 aromatic rings. The Kier molecular flexibility index (Phi) is 4.56. The summed E-state index contributed by atoms with van der Waals surface area (Å²) in [6.07, 6.45) is 3.61. The molecule has 1 saturated carbocycles. The minimum Gasteiger partial charge on any atom is -0.308 e. The zero-order chi connectivity index (χ0) is 19.2. The third-order valence-corrected chi connectivity index (χ3v) is 6.77. The molecule has 0 atom stereocenters. The second-order valence-electron chi connectivity index (χ2n) is 7.56. The predicted octanol–water partition coefficient (Wildman–Crippen LogP) is 3.34. The van der Waals surface area contributed by atoms with E-state index in [1.165, 1.54) is 17.2 Å². The van der Waals surface area contributed by atoms with Gasteiger partial charge >= 0.3 is 0 Å². The molecule has 1 N–H and O–H groups in total. The van der Waals surface area contributed by atoms with Crippen LogP contribution in [0.3, 0.4) is 0 Å². The van der Waals surface area contributed by atoms with Crippen LogP contribution in [0.15, 0.2) is 41.3 Å². The van der Waals surface area contributed by atoms with Crippen molar-refractivity contribution in [2.75, 3.05) is 11.4 Å². The van der Waals surface area contributed by atoms with E-state index >= 15 is 0 Å². The highest BCUT2D eigenvalue weighted by Gasteiger charge is 2.30. The summed E-state index contributed by atoms with van der Waals surface area (Å²) >= 11 is 0. The molecule has 0 bridgehead atoms. The SMILES string of the molecule is Cc1ccc2c(c1)CCCN2C(=O)c1cc(S(=O)(=O)NC2CC2)ccc1C. The van der Waals surface area contributed by atoms with Crippen LogP contribution in [-0.4, -0.2) is 26.9 Å². The summed E-state index contributed by atoms with van der Waals surface area (Å²) in [5.41, 5.74) is 4.51. The van der Waals surface area contributed by atoms with Crippen LogP contribution in [0.4, 0.5) is 5.69 Å². The summed E-state index contributed by atoms with van der Waals surface area (Å²) in [6.45, 7) is 4.54. The van der Waals surface area contributed by atoms with Gasteiger partial charge in [-0.15, -0.1) is 0 Å². The van der Waals surface area contributed by atoms with Gasteiger partial charge in [0, 0.05) is 23.8 Å². The molecule has 4 rings (SSSR count). The first kappa shape index (κ1) is 18.2. The monoisotopic (exact) mass is 384 g/mol. The number of benzene rings is 2. The number of nitrogens with one attached hydrogen (secondary N) is 1. The van der Waals surface area contributed by atoms with Gasteiger partial charge in [0.15, 0.2) is 0 Å². The second-order valence-corrected chi connectivity index (χ2v) is 9.28. The first-order valence-electron chi connectivity index (χ1n) is 9.39. The lowest BCUT2D eigenvalue weighted by molar-refractivity contribution is 0.0984. The topological polar surface area (TPSA) is 66.5 Å². The van der Waals surface area contributed by atoms with E-state index in [9.17, 15) is 13.2 Å². The van der Waals surface area contributed by atoms with E-state index in [1.807, 2.05) is 26.0 Å². The Labute approximate surface area is 160 Å². The van der Waals surface area contributed by atoms with Crippen molar-refractivity contribution in [1.29, 1.82) is 0 Å². The maximum atomic E-state index is 13.3. The number of nitrogens with zero attached hydrogens (tertiary/aromatic N) is 1. The Morgan fingerprint density at radius 2 is 1.89 bits per heavy atom. The highest BCUT2D eigenvalue weighted by molar-refractivity contribution is 7.89. The summed E-state index contributed by atoms with van der Waals surface area (Å²) in [6, 6.07) is 11.0. The van der Waals surface area contributed by atoms with Gasteiger partial charge in [-0.3, -0.25) is 4.79 Å². The lowest BCUT2D eigenvalue weighted by atomic mass is 9.98. The summed E-state index contributed by atoms with van der Waals surface area (Å²) < 4.78 is 27.8. The van der Waals surface area contributed by atoms with E-state index in [-0.39, 0.29) is 16.8 Å². The van der Waals surface area contributed by atoms with Crippen LogP contribution < -0.4 is 9.62 Å². The normalized spacial score (nSPS) is 16.9. The summed E-state index contributed by atoms with van der Waals surface area (Å²) in [5.74, 6) is -0.138. The number of hydrogen-bond donors (Lipinski definition) is 1. The molecule has 1 heterocycles. The number of hydrogen-bond acceptors (Lipinski definition) is 3. The quantitative estimate of drug-likeness (QED) is 0.879. The highest BCUT2D eigenvalue weighted by atomic mass is 32.2. The second kappa shape index (κ2) is 6.77. The van der Waals surface area contributed by atoms with Crippen molar-refractivity contribution in [3.05, 3.63) is 58.7 Å². The fraction of sp³-hybridized carbons (Fsp3) is 0.381. The van der Waals surface area contributed by atoms with Crippen LogP contribution in [0.5, 0.6) is 0 Å². The molecule has 2 aliphatic rings. The zero-order valence-electron chi connectivity index (χ0n) is 15.7. The van der Waals surface area contributed by atoms with Crippen molar-refractivity contribution in [2.45, 2.75) is 50.5 Å². The van der Waals surface area contributed by atoms with Gasteiger partial charge in [-0.1, -0.05) is 23.8 Å². The van der Waals surface area contributed by atoms with Crippen LogP contribution in [0.2, 0.25) is 0 Å².